The summed E-state index contributed by atoms with van der Waals surface area (Å²) in [5.41, 5.74) is 1.25. The van der Waals surface area contributed by atoms with E-state index in [1.165, 1.54) is 30.3 Å². The van der Waals surface area contributed by atoms with Gasteiger partial charge in [0.2, 0.25) is 10.0 Å². The van der Waals surface area contributed by atoms with Gasteiger partial charge in [-0.15, -0.1) is 0 Å². The van der Waals surface area contributed by atoms with Crippen LogP contribution >= 0.6 is 23.2 Å². The van der Waals surface area contributed by atoms with E-state index >= 15 is 0 Å². The minimum absolute atomic E-state index is 0.0874. The number of aryl methyl sites for hydroxylation is 1. The van der Waals surface area contributed by atoms with E-state index in [-0.39, 0.29) is 15.5 Å². The van der Waals surface area contributed by atoms with Gasteiger partial charge in [-0.3, -0.25) is 4.79 Å². The van der Waals surface area contributed by atoms with Crippen molar-refractivity contribution >= 4 is 44.8 Å². The maximum atomic E-state index is 12.2. The number of amides is 1. The van der Waals surface area contributed by atoms with E-state index in [9.17, 15) is 13.2 Å². The van der Waals surface area contributed by atoms with Crippen molar-refractivity contribution in [3.63, 3.8) is 0 Å². The summed E-state index contributed by atoms with van der Waals surface area (Å²) >= 11 is 11.8. The smallest absolute Gasteiger partial charge is 0.257 e. The van der Waals surface area contributed by atoms with Crippen molar-refractivity contribution < 1.29 is 13.2 Å². The Morgan fingerprint density at radius 1 is 1.14 bits per heavy atom. The molecule has 2 aromatic carbocycles. The zero-order valence-electron chi connectivity index (χ0n) is 11.4. The summed E-state index contributed by atoms with van der Waals surface area (Å²) in [4.78, 5) is 12.2. The van der Waals surface area contributed by atoms with Crippen LogP contribution in [0.4, 0.5) is 5.69 Å². The normalized spacial score (nSPS) is 11.3. The number of nitrogens with one attached hydrogen (secondary N) is 1. The van der Waals surface area contributed by atoms with E-state index in [1.54, 1.807) is 13.0 Å². The molecule has 0 radical (unpaired) electrons. The lowest BCUT2D eigenvalue weighted by Crippen LogP contribution is -2.16. The fraction of sp³-hybridized carbons (Fsp3) is 0.0714. The van der Waals surface area contributed by atoms with Gasteiger partial charge in [0.1, 0.15) is 0 Å². The van der Waals surface area contributed by atoms with Crippen LogP contribution < -0.4 is 10.5 Å². The minimum atomic E-state index is -3.85. The average Bonchev–Trinajstić information content (AvgIpc) is 2.39. The largest absolute Gasteiger partial charge is 0.322 e. The molecule has 1 amide bonds. The van der Waals surface area contributed by atoms with Crippen LogP contribution in [0.15, 0.2) is 41.3 Å². The van der Waals surface area contributed by atoms with Crippen molar-refractivity contribution in [3.05, 3.63) is 57.6 Å². The van der Waals surface area contributed by atoms with Crippen molar-refractivity contribution in [2.75, 3.05) is 5.32 Å². The lowest BCUT2D eigenvalue weighted by Gasteiger charge is -2.11. The molecule has 0 saturated carbocycles. The predicted octanol–water partition coefficient (Wildman–Crippen LogP) is 3.20. The Kier molecular flexibility index (Phi) is 4.77. The van der Waals surface area contributed by atoms with E-state index in [1.807, 2.05) is 0 Å². The van der Waals surface area contributed by atoms with Crippen LogP contribution in [-0.4, -0.2) is 14.3 Å². The predicted molar refractivity (Wildman–Crippen MR) is 87.0 cm³/mol. The Hall–Kier alpha value is -1.60. The first-order valence-corrected chi connectivity index (χ1v) is 8.38. The second kappa shape index (κ2) is 6.26. The highest BCUT2D eigenvalue weighted by molar-refractivity contribution is 7.89. The quantitative estimate of drug-likeness (QED) is 0.882. The fourth-order valence-corrected chi connectivity index (χ4v) is 2.81. The highest BCUT2D eigenvalue weighted by Gasteiger charge is 2.14. The number of hydrogen-bond acceptors (Lipinski definition) is 3. The molecule has 0 aromatic heterocycles. The summed E-state index contributed by atoms with van der Waals surface area (Å²) < 4.78 is 22.7. The first kappa shape index (κ1) is 16.8. The topological polar surface area (TPSA) is 89.3 Å². The van der Waals surface area contributed by atoms with Crippen LogP contribution in [0.2, 0.25) is 10.0 Å². The molecule has 22 heavy (non-hydrogen) atoms. The van der Waals surface area contributed by atoms with Crippen molar-refractivity contribution in [1.82, 2.24) is 0 Å². The first-order valence-electron chi connectivity index (χ1n) is 6.08. The lowest BCUT2D eigenvalue weighted by molar-refractivity contribution is 0.102. The molecule has 0 fully saturated rings. The SMILES string of the molecule is Cc1ccc(S(N)(=O)=O)cc1NC(=O)c1ccc(Cl)cc1Cl. The van der Waals surface area contributed by atoms with Crippen LogP contribution in [0.5, 0.6) is 0 Å². The van der Waals surface area contributed by atoms with Crippen molar-refractivity contribution in [2.45, 2.75) is 11.8 Å². The summed E-state index contributed by atoms with van der Waals surface area (Å²) in [5.74, 6) is -0.476. The third-order valence-electron chi connectivity index (χ3n) is 2.96. The van der Waals surface area contributed by atoms with Gasteiger partial charge in [-0.1, -0.05) is 29.3 Å². The number of hydrogen-bond donors (Lipinski definition) is 2. The molecule has 5 nitrogen and oxygen atoms in total. The Morgan fingerprint density at radius 3 is 2.41 bits per heavy atom. The van der Waals surface area contributed by atoms with E-state index in [0.717, 1.165) is 0 Å². The van der Waals surface area contributed by atoms with Gasteiger partial charge in [0.15, 0.2) is 0 Å². The number of anilines is 1. The zero-order chi connectivity index (χ0) is 16.5. The fourth-order valence-electron chi connectivity index (χ4n) is 1.78. The van der Waals surface area contributed by atoms with Gasteiger partial charge in [-0.2, -0.15) is 0 Å². The van der Waals surface area contributed by atoms with Gasteiger partial charge in [-0.05, 0) is 42.8 Å². The maximum Gasteiger partial charge on any atom is 0.257 e. The standard InChI is InChI=1S/C14H12Cl2N2O3S/c1-8-2-4-10(22(17,20)21)7-13(8)18-14(19)11-5-3-9(15)6-12(11)16/h2-7H,1H3,(H,18,19)(H2,17,20,21). The number of halogens is 2. The number of benzene rings is 2. The molecule has 0 heterocycles. The number of carbonyl (C=O) groups excluding carboxylic acids is 1. The van der Waals surface area contributed by atoms with Crippen LogP contribution in [0.25, 0.3) is 0 Å². The van der Waals surface area contributed by atoms with Crippen LogP contribution in [-0.2, 0) is 10.0 Å². The van der Waals surface area contributed by atoms with Gasteiger partial charge in [0.05, 0.1) is 15.5 Å². The molecule has 3 N–H and O–H groups in total. The maximum absolute atomic E-state index is 12.2. The second-order valence-electron chi connectivity index (χ2n) is 4.60. The van der Waals surface area contributed by atoms with Crippen LogP contribution in [0.3, 0.4) is 0 Å². The number of primary sulfonamides is 1. The summed E-state index contributed by atoms with van der Waals surface area (Å²) in [7, 11) is -3.85. The second-order valence-corrected chi connectivity index (χ2v) is 7.01. The summed E-state index contributed by atoms with van der Waals surface area (Å²) in [5, 5.41) is 8.31. The first-order chi connectivity index (χ1) is 10.2. The van der Waals surface area contributed by atoms with Crippen molar-refractivity contribution in [3.8, 4) is 0 Å². The van der Waals surface area contributed by atoms with Gasteiger partial charge in [0, 0.05) is 10.7 Å². The molecule has 0 spiro atoms. The average molecular weight is 359 g/mol. The van der Waals surface area contributed by atoms with Gasteiger partial charge < -0.3 is 5.32 Å². The summed E-state index contributed by atoms with van der Waals surface area (Å²) in [6, 6.07) is 8.70. The molecule has 116 valence electrons. The Labute approximate surface area is 138 Å². The van der Waals surface area contributed by atoms with E-state index in [4.69, 9.17) is 28.3 Å². The summed E-state index contributed by atoms with van der Waals surface area (Å²) in [6.07, 6.45) is 0. The molecule has 0 aliphatic carbocycles. The molecule has 0 aliphatic rings. The molecule has 0 atom stereocenters. The molecule has 0 bridgehead atoms. The number of nitrogens with two attached hydrogens (primary N) is 1. The number of sulfonamides is 1. The molecule has 2 rings (SSSR count). The Morgan fingerprint density at radius 2 is 1.82 bits per heavy atom. The molecule has 0 aliphatic heterocycles. The van der Waals surface area contributed by atoms with Crippen molar-refractivity contribution in [2.24, 2.45) is 5.14 Å². The lowest BCUT2D eigenvalue weighted by atomic mass is 10.1. The minimum Gasteiger partial charge on any atom is -0.322 e. The molecule has 0 unspecified atom stereocenters. The van der Waals surface area contributed by atoms with Crippen LogP contribution in [0.1, 0.15) is 15.9 Å². The van der Waals surface area contributed by atoms with E-state index in [0.29, 0.717) is 16.3 Å². The third-order valence-corrected chi connectivity index (χ3v) is 4.42. The highest BCUT2D eigenvalue weighted by Crippen LogP contribution is 2.24. The van der Waals surface area contributed by atoms with Crippen molar-refractivity contribution in [1.29, 1.82) is 0 Å². The molecule has 2 aromatic rings. The summed E-state index contributed by atoms with van der Waals surface area (Å²) in [6.45, 7) is 1.73. The monoisotopic (exact) mass is 358 g/mol. The van der Waals surface area contributed by atoms with Gasteiger partial charge >= 0.3 is 0 Å². The number of rotatable bonds is 3. The molecule has 8 heteroatoms. The third kappa shape index (κ3) is 3.78. The number of carbonyl (C=O) groups is 1. The van der Waals surface area contributed by atoms with E-state index in [2.05, 4.69) is 5.32 Å². The van der Waals surface area contributed by atoms with Gasteiger partial charge in [0.25, 0.3) is 5.91 Å². The zero-order valence-corrected chi connectivity index (χ0v) is 13.8. The Balaban J connectivity index is 2.36. The van der Waals surface area contributed by atoms with Gasteiger partial charge in [-0.25, -0.2) is 13.6 Å². The molecular formula is C14H12Cl2N2O3S. The molecular weight excluding hydrogens is 347 g/mol. The molecule has 0 saturated heterocycles. The van der Waals surface area contributed by atoms with Crippen LogP contribution in [0, 0.1) is 6.92 Å². The van der Waals surface area contributed by atoms with E-state index < -0.39 is 15.9 Å². The Bertz CT molecular complexity index is 851. The highest BCUT2D eigenvalue weighted by atomic mass is 35.5.